The van der Waals surface area contributed by atoms with Crippen LogP contribution in [0.1, 0.15) is 18.2 Å². The molecule has 1 aliphatic rings. The van der Waals surface area contributed by atoms with Gasteiger partial charge >= 0.3 is 5.69 Å². The van der Waals surface area contributed by atoms with Crippen LogP contribution in [0.2, 0.25) is 0 Å². The van der Waals surface area contributed by atoms with E-state index in [1.807, 2.05) is 24.3 Å². The molecule has 0 bridgehead atoms. The number of para-hydroxylation sites is 2. The molecule has 0 fully saturated rings. The van der Waals surface area contributed by atoms with Gasteiger partial charge in [-0.2, -0.15) is 0 Å². The van der Waals surface area contributed by atoms with E-state index in [2.05, 4.69) is 20.9 Å². The fraction of sp³-hybridized carbons (Fsp3) is 0.391. The summed E-state index contributed by atoms with van der Waals surface area (Å²) in [4.78, 5) is 29.0. The molecule has 0 radical (unpaired) electrons. The molecule has 1 aliphatic heterocycles. The fourth-order valence-corrected chi connectivity index (χ4v) is 4.02. The molecule has 0 saturated carbocycles. The number of nitrogens with zero attached hydrogens (tertiary/aromatic N) is 2. The van der Waals surface area contributed by atoms with E-state index in [1.165, 1.54) is 4.57 Å². The first kappa shape index (κ1) is 23.1. The Labute approximate surface area is 190 Å². The lowest BCUT2D eigenvalue weighted by atomic mass is 10.1. The highest BCUT2D eigenvalue weighted by Gasteiger charge is 2.30. The molecule has 2 aromatic carbocycles. The normalized spacial score (nSPS) is 18.2. The van der Waals surface area contributed by atoms with Gasteiger partial charge in [-0.25, -0.2) is 9.69 Å². The number of fused-ring (bicyclic) bond motifs is 2. The van der Waals surface area contributed by atoms with Crippen molar-refractivity contribution in [1.82, 2.24) is 25.1 Å². The van der Waals surface area contributed by atoms with E-state index in [4.69, 9.17) is 0 Å². The van der Waals surface area contributed by atoms with Crippen LogP contribution in [0.4, 0.5) is 5.69 Å². The third-order valence-corrected chi connectivity index (χ3v) is 5.81. The standard InChI is InChI=1S/C23H30N6O4/c30-20-16-6-1-3-8-18(16)26-22(32)28(20)14-12-24-10-5-11-25-13-15-29-21(31)17-7-2-4-9-19(17)27-23(29)33/h1-4,6-9,20,22,24-26,30,32H,5,10-15H2,(H,27,33). The molecular weight excluding hydrogens is 424 g/mol. The van der Waals surface area contributed by atoms with Crippen LogP contribution in [0.25, 0.3) is 10.9 Å². The molecular formula is C23H30N6O4. The molecule has 10 heteroatoms. The molecule has 1 aromatic heterocycles. The van der Waals surface area contributed by atoms with Crippen molar-refractivity contribution in [3.05, 3.63) is 74.9 Å². The fourth-order valence-electron chi connectivity index (χ4n) is 4.02. The Kier molecular flexibility index (Phi) is 7.53. The Morgan fingerprint density at radius 2 is 1.58 bits per heavy atom. The highest BCUT2D eigenvalue weighted by molar-refractivity contribution is 5.76. The molecule has 33 heavy (non-hydrogen) atoms. The summed E-state index contributed by atoms with van der Waals surface area (Å²) in [6, 6.07) is 14.4. The monoisotopic (exact) mass is 454 g/mol. The molecule has 2 atom stereocenters. The van der Waals surface area contributed by atoms with E-state index in [-0.39, 0.29) is 5.56 Å². The minimum Gasteiger partial charge on any atom is -0.374 e. The van der Waals surface area contributed by atoms with Crippen molar-refractivity contribution in [2.45, 2.75) is 25.5 Å². The number of aromatic amines is 1. The molecule has 6 N–H and O–H groups in total. The van der Waals surface area contributed by atoms with Crippen LogP contribution in [0, 0.1) is 0 Å². The van der Waals surface area contributed by atoms with Crippen LogP contribution in [0.15, 0.2) is 58.1 Å². The summed E-state index contributed by atoms with van der Waals surface area (Å²) < 4.78 is 1.22. The van der Waals surface area contributed by atoms with E-state index < -0.39 is 18.3 Å². The van der Waals surface area contributed by atoms with E-state index in [0.29, 0.717) is 37.1 Å². The summed E-state index contributed by atoms with van der Waals surface area (Å²) in [6.07, 6.45) is -0.947. The zero-order valence-electron chi connectivity index (χ0n) is 18.3. The van der Waals surface area contributed by atoms with Gasteiger partial charge in [0.2, 0.25) is 0 Å². The number of anilines is 1. The lowest BCUT2D eigenvalue weighted by Gasteiger charge is -2.38. The van der Waals surface area contributed by atoms with Crippen molar-refractivity contribution in [2.24, 2.45) is 0 Å². The van der Waals surface area contributed by atoms with Crippen molar-refractivity contribution < 1.29 is 10.2 Å². The van der Waals surface area contributed by atoms with Gasteiger partial charge in [-0.1, -0.05) is 30.3 Å². The van der Waals surface area contributed by atoms with Crippen molar-refractivity contribution in [1.29, 1.82) is 0 Å². The minimum atomic E-state index is -0.944. The predicted octanol–water partition coefficient (Wildman–Crippen LogP) is -0.0464. The highest BCUT2D eigenvalue weighted by Crippen LogP contribution is 2.31. The van der Waals surface area contributed by atoms with Gasteiger partial charge in [-0.3, -0.25) is 9.36 Å². The summed E-state index contributed by atoms with van der Waals surface area (Å²) in [7, 11) is 0. The van der Waals surface area contributed by atoms with Crippen molar-refractivity contribution in [3.8, 4) is 0 Å². The Morgan fingerprint density at radius 1 is 0.879 bits per heavy atom. The summed E-state index contributed by atoms with van der Waals surface area (Å²) >= 11 is 0. The molecule has 3 aromatic rings. The van der Waals surface area contributed by atoms with Crippen LogP contribution in [-0.2, 0) is 6.54 Å². The predicted molar refractivity (Wildman–Crippen MR) is 127 cm³/mol. The quantitative estimate of drug-likeness (QED) is 0.235. The van der Waals surface area contributed by atoms with Gasteiger partial charge in [0.15, 0.2) is 6.35 Å². The first-order valence-corrected chi connectivity index (χ1v) is 11.2. The molecule has 0 aliphatic carbocycles. The second kappa shape index (κ2) is 10.7. The Balaban J connectivity index is 1.14. The second-order valence-electron chi connectivity index (χ2n) is 8.00. The molecule has 0 saturated heterocycles. The average Bonchev–Trinajstić information content (AvgIpc) is 2.81. The number of nitrogens with one attached hydrogen (secondary N) is 4. The lowest BCUT2D eigenvalue weighted by Crippen LogP contribution is -2.49. The van der Waals surface area contributed by atoms with Gasteiger partial charge in [-0.05, 0) is 37.7 Å². The van der Waals surface area contributed by atoms with Gasteiger partial charge in [0, 0.05) is 37.4 Å². The molecule has 0 spiro atoms. The molecule has 4 rings (SSSR count). The van der Waals surface area contributed by atoms with Crippen LogP contribution < -0.4 is 27.2 Å². The average molecular weight is 455 g/mol. The van der Waals surface area contributed by atoms with Crippen LogP contribution in [-0.4, -0.2) is 63.7 Å². The minimum absolute atomic E-state index is 0.281. The molecule has 2 unspecified atom stereocenters. The number of benzene rings is 2. The topological polar surface area (TPSA) is 135 Å². The SMILES string of the molecule is O=c1[nH]c2ccccc2c(=O)n1CCNCCCNCCN1C(O)Nc2ccccc2C1O. The van der Waals surface area contributed by atoms with Crippen molar-refractivity contribution in [3.63, 3.8) is 0 Å². The summed E-state index contributed by atoms with van der Waals surface area (Å²) in [5.41, 5.74) is 1.35. The summed E-state index contributed by atoms with van der Waals surface area (Å²) in [6.45, 7) is 3.39. The van der Waals surface area contributed by atoms with Gasteiger partial charge in [0.1, 0.15) is 6.23 Å². The van der Waals surface area contributed by atoms with E-state index in [1.54, 1.807) is 29.2 Å². The highest BCUT2D eigenvalue weighted by atomic mass is 16.3. The molecule has 2 heterocycles. The molecule has 176 valence electrons. The largest absolute Gasteiger partial charge is 0.374 e. The molecule has 10 nitrogen and oxygen atoms in total. The smallest absolute Gasteiger partial charge is 0.328 e. The maximum absolute atomic E-state index is 12.5. The van der Waals surface area contributed by atoms with Crippen LogP contribution >= 0.6 is 0 Å². The lowest BCUT2D eigenvalue weighted by molar-refractivity contribution is -0.0966. The van der Waals surface area contributed by atoms with Gasteiger partial charge in [0.25, 0.3) is 5.56 Å². The maximum atomic E-state index is 12.5. The number of aliphatic hydroxyl groups excluding tert-OH is 2. The zero-order valence-corrected chi connectivity index (χ0v) is 18.3. The van der Waals surface area contributed by atoms with Crippen LogP contribution in [0.3, 0.4) is 0 Å². The Hall–Kier alpha value is -3.02. The number of aliphatic hydroxyl groups is 2. The van der Waals surface area contributed by atoms with Crippen LogP contribution in [0.5, 0.6) is 0 Å². The third kappa shape index (κ3) is 5.32. The zero-order chi connectivity index (χ0) is 23.2. The molecule has 0 amide bonds. The third-order valence-electron chi connectivity index (χ3n) is 5.81. The van der Waals surface area contributed by atoms with Gasteiger partial charge < -0.3 is 31.1 Å². The number of hydrogen-bond donors (Lipinski definition) is 6. The van der Waals surface area contributed by atoms with Gasteiger partial charge in [0.05, 0.1) is 10.9 Å². The first-order valence-electron chi connectivity index (χ1n) is 11.2. The number of aromatic nitrogens is 2. The van der Waals surface area contributed by atoms with Crippen molar-refractivity contribution in [2.75, 3.05) is 38.0 Å². The van der Waals surface area contributed by atoms with Crippen molar-refractivity contribution >= 4 is 16.6 Å². The van der Waals surface area contributed by atoms with E-state index in [9.17, 15) is 19.8 Å². The van der Waals surface area contributed by atoms with E-state index in [0.717, 1.165) is 30.8 Å². The number of hydrogen-bond acceptors (Lipinski definition) is 8. The number of rotatable bonds is 10. The number of H-pyrrole nitrogens is 1. The van der Waals surface area contributed by atoms with E-state index >= 15 is 0 Å². The Bertz CT molecular complexity index is 1190. The summed E-state index contributed by atoms with van der Waals surface area (Å²) in [5, 5.41) is 30.8. The first-order chi connectivity index (χ1) is 16.1. The second-order valence-corrected chi connectivity index (χ2v) is 8.00. The summed E-state index contributed by atoms with van der Waals surface area (Å²) in [5.74, 6) is 0. The van der Waals surface area contributed by atoms with Gasteiger partial charge in [-0.15, -0.1) is 0 Å². The maximum Gasteiger partial charge on any atom is 0.328 e. The Morgan fingerprint density at radius 3 is 2.39 bits per heavy atom.